The first-order valence-electron chi connectivity index (χ1n) is 7.18. The second-order valence-electron chi connectivity index (χ2n) is 5.27. The molecule has 1 unspecified atom stereocenters. The molecule has 1 N–H and O–H groups in total. The predicted octanol–water partition coefficient (Wildman–Crippen LogP) is 0.848. The third kappa shape index (κ3) is 3.09. The van der Waals surface area contributed by atoms with E-state index in [9.17, 15) is 4.79 Å². The largest absolute Gasteiger partial charge is 0.354 e. The Labute approximate surface area is 121 Å². The van der Waals surface area contributed by atoms with Gasteiger partial charge in [-0.05, 0) is 19.8 Å². The van der Waals surface area contributed by atoms with Crippen molar-refractivity contribution in [3.05, 3.63) is 24.4 Å². The minimum absolute atomic E-state index is 0.108. The zero-order valence-electron chi connectivity index (χ0n) is 11.9. The van der Waals surface area contributed by atoms with Gasteiger partial charge in [0.2, 0.25) is 11.8 Å². The Hall–Kier alpha value is -2.25. The molecule has 3 rings (SSSR count). The van der Waals surface area contributed by atoms with E-state index in [1.807, 2.05) is 0 Å². The van der Waals surface area contributed by atoms with Crippen molar-refractivity contribution in [2.75, 3.05) is 6.54 Å². The van der Waals surface area contributed by atoms with Gasteiger partial charge in [-0.25, -0.2) is 9.67 Å². The molecule has 0 aliphatic heterocycles. The molecule has 8 heteroatoms. The van der Waals surface area contributed by atoms with Gasteiger partial charge in [-0.2, -0.15) is 10.1 Å². The molecule has 1 saturated carbocycles. The molecule has 8 nitrogen and oxygen atoms in total. The van der Waals surface area contributed by atoms with Gasteiger partial charge in [0.1, 0.15) is 18.7 Å². The lowest BCUT2D eigenvalue weighted by Gasteiger charge is -2.20. The summed E-state index contributed by atoms with van der Waals surface area (Å²) in [6.45, 7) is 2.24. The lowest BCUT2D eigenvalue weighted by Crippen LogP contribution is -2.32. The van der Waals surface area contributed by atoms with E-state index in [2.05, 4.69) is 25.5 Å². The van der Waals surface area contributed by atoms with Crippen LogP contribution in [-0.2, 0) is 11.2 Å². The zero-order valence-corrected chi connectivity index (χ0v) is 11.9. The van der Waals surface area contributed by atoms with Crippen LogP contribution >= 0.6 is 0 Å². The molecule has 1 fully saturated rings. The third-order valence-corrected chi connectivity index (χ3v) is 3.80. The van der Waals surface area contributed by atoms with Crippen molar-refractivity contribution in [1.82, 2.24) is 30.2 Å². The van der Waals surface area contributed by atoms with Crippen LogP contribution < -0.4 is 5.32 Å². The Balaban J connectivity index is 1.45. The topological polar surface area (TPSA) is 98.7 Å². The van der Waals surface area contributed by atoms with E-state index in [1.54, 1.807) is 6.92 Å². The van der Waals surface area contributed by atoms with E-state index in [0.29, 0.717) is 24.7 Å². The van der Waals surface area contributed by atoms with Crippen molar-refractivity contribution in [2.24, 2.45) is 0 Å². The van der Waals surface area contributed by atoms with Gasteiger partial charge in [-0.3, -0.25) is 4.79 Å². The Morgan fingerprint density at radius 1 is 1.57 bits per heavy atom. The number of aromatic nitrogens is 5. The van der Waals surface area contributed by atoms with Crippen LogP contribution in [0.25, 0.3) is 0 Å². The zero-order chi connectivity index (χ0) is 14.7. The molecule has 0 aromatic carbocycles. The standard InChI is InChI=1S/C13H18N6O2/c1-9(19-8-14-7-16-19)12(20)15-6-5-11-17-13(21-18-11)10-3-2-4-10/h7-10H,2-6H2,1H3,(H,15,20). The van der Waals surface area contributed by atoms with Gasteiger partial charge in [-0.1, -0.05) is 11.6 Å². The van der Waals surface area contributed by atoms with Gasteiger partial charge in [0.05, 0.1) is 0 Å². The summed E-state index contributed by atoms with van der Waals surface area (Å²) >= 11 is 0. The van der Waals surface area contributed by atoms with Crippen LogP contribution in [0.2, 0.25) is 0 Å². The Kier molecular flexibility index (Phi) is 3.94. The van der Waals surface area contributed by atoms with Gasteiger partial charge in [0, 0.05) is 18.9 Å². The maximum atomic E-state index is 11.9. The molecule has 1 aliphatic rings. The van der Waals surface area contributed by atoms with E-state index in [-0.39, 0.29) is 11.9 Å². The highest BCUT2D eigenvalue weighted by atomic mass is 16.5. The second-order valence-corrected chi connectivity index (χ2v) is 5.27. The van der Waals surface area contributed by atoms with Gasteiger partial charge in [-0.15, -0.1) is 0 Å². The van der Waals surface area contributed by atoms with Crippen LogP contribution in [0.3, 0.4) is 0 Å². The van der Waals surface area contributed by atoms with Gasteiger partial charge >= 0.3 is 0 Å². The maximum Gasteiger partial charge on any atom is 0.244 e. The van der Waals surface area contributed by atoms with E-state index in [1.165, 1.54) is 23.8 Å². The Bertz CT molecular complexity index is 590. The highest BCUT2D eigenvalue weighted by Crippen LogP contribution is 2.35. The average Bonchev–Trinajstić information content (AvgIpc) is 3.07. The highest BCUT2D eigenvalue weighted by molar-refractivity contribution is 5.79. The molecule has 1 amide bonds. The minimum Gasteiger partial charge on any atom is -0.354 e. The van der Waals surface area contributed by atoms with Crippen molar-refractivity contribution in [3.8, 4) is 0 Å². The summed E-state index contributed by atoms with van der Waals surface area (Å²) in [5.41, 5.74) is 0. The van der Waals surface area contributed by atoms with Crippen LogP contribution in [0.5, 0.6) is 0 Å². The summed E-state index contributed by atoms with van der Waals surface area (Å²) < 4.78 is 6.75. The molecule has 2 heterocycles. The van der Waals surface area contributed by atoms with E-state index in [0.717, 1.165) is 18.7 Å². The van der Waals surface area contributed by atoms with Crippen LogP contribution in [0, 0.1) is 0 Å². The van der Waals surface area contributed by atoms with Gasteiger partial charge < -0.3 is 9.84 Å². The molecule has 0 saturated heterocycles. The van der Waals surface area contributed by atoms with Crippen LogP contribution in [-0.4, -0.2) is 37.4 Å². The number of carbonyl (C=O) groups excluding carboxylic acids is 1. The number of nitrogens with one attached hydrogen (secondary N) is 1. The maximum absolute atomic E-state index is 11.9. The first kappa shape index (κ1) is 13.7. The molecule has 2 aromatic rings. The van der Waals surface area contributed by atoms with Crippen molar-refractivity contribution in [1.29, 1.82) is 0 Å². The van der Waals surface area contributed by atoms with Gasteiger partial charge in [0.15, 0.2) is 5.82 Å². The van der Waals surface area contributed by atoms with Crippen LogP contribution in [0.1, 0.15) is 49.9 Å². The number of amides is 1. The van der Waals surface area contributed by atoms with E-state index < -0.39 is 0 Å². The monoisotopic (exact) mass is 290 g/mol. The molecule has 1 aliphatic carbocycles. The SMILES string of the molecule is CC(C(=O)NCCc1noc(C2CCC2)n1)n1cncn1. The number of rotatable bonds is 6. The first-order chi connectivity index (χ1) is 10.2. The molecule has 0 radical (unpaired) electrons. The Morgan fingerprint density at radius 3 is 3.10 bits per heavy atom. The lowest BCUT2D eigenvalue weighted by atomic mass is 9.85. The van der Waals surface area contributed by atoms with Crippen LogP contribution in [0.4, 0.5) is 0 Å². The number of hydrogen-bond donors (Lipinski definition) is 1. The summed E-state index contributed by atoms with van der Waals surface area (Å²) in [7, 11) is 0. The third-order valence-electron chi connectivity index (χ3n) is 3.80. The van der Waals surface area contributed by atoms with E-state index >= 15 is 0 Å². The fourth-order valence-corrected chi connectivity index (χ4v) is 2.17. The molecule has 21 heavy (non-hydrogen) atoms. The molecule has 2 aromatic heterocycles. The fraction of sp³-hybridized carbons (Fsp3) is 0.615. The smallest absolute Gasteiger partial charge is 0.244 e. The van der Waals surface area contributed by atoms with Gasteiger partial charge in [0.25, 0.3) is 0 Å². The van der Waals surface area contributed by atoms with Crippen molar-refractivity contribution in [2.45, 2.75) is 44.6 Å². The summed E-state index contributed by atoms with van der Waals surface area (Å²) in [4.78, 5) is 20.1. The lowest BCUT2D eigenvalue weighted by molar-refractivity contribution is -0.124. The number of carbonyl (C=O) groups is 1. The summed E-state index contributed by atoms with van der Waals surface area (Å²) in [5, 5.41) is 10.7. The fourth-order valence-electron chi connectivity index (χ4n) is 2.17. The number of nitrogens with zero attached hydrogens (tertiary/aromatic N) is 5. The van der Waals surface area contributed by atoms with Crippen molar-refractivity contribution >= 4 is 5.91 Å². The summed E-state index contributed by atoms with van der Waals surface area (Å²) in [6.07, 6.45) is 6.99. The Morgan fingerprint density at radius 2 is 2.43 bits per heavy atom. The summed E-state index contributed by atoms with van der Waals surface area (Å²) in [5.74, 6) is 1.71. The minimum atomic E-state index is -0.386. The molecule has 0 bridgehead atoms. The molecular weight excluding hydrogens is 272 g/mol. The quantitative estimate of drug-likeness (QED) is 0.846. The molecule has 1 atom stereocenters. The predicted molar refractivity (Wildman–Crippen MR) is 72.3 cm³/mol. The first-order valence-corrected chi connectivity index (χ1v) is 7.18. The normalized spacial score (nSPS) is 16.4. The molecular formula is C13H18N6O2. The summed E-state index contributed by atoms with van der Waals surface area (Å²) in [6, 6.07) is -0.386. The van der Waals surface area contributed by atoms with Crippen LogP contribution in [0.15, 0.2) is 17.2 Å². The van der Waals surface area contributed by atoms with E-state index in [4.69, 9.17) is 4.52 Å². The number of hydrogen-bond acceptors (Lipinski definition) is 6. The highest BCUT2D eigenvalue weighted by Gasteiger charge is 2.25. The average molecular weight is 290 g/mol. The second kappa shape index (κ2) is 6.02. The molecule has 0 spiro atoms. The van der Waals surface area contributed by atoms with Crippen molar-refractivity contribution in [3.63, 3.8) is 0 Å². The molecule has 112 valence electrons. The van der Waals surface area contributed by atoms with Crippen molar-refractivity contribution < 1.29 is 9.32 Å².